The van der Waals surface area contributed by atoms with E-state index >= 15 is 0 Å². The molecule has 6 heteroatoms. The number of halogens is 2. The lowest BCUT2D eigenvalue weighted by molar-refractivity contribution is 0.411. The highest BCUT2D eigenvalue weighted by molar-refractivity contribution is 9.10. The van der Waals surface area contributed by atoms with E-state index in [1.807, 2.05) is 19.1 Å². The van der Waals surface area contributed by atoms with Gasteiger partial charge in [-0.15, -0.1) is 0 Å². The largest absolute Gasteiger partial charge is 0.497 e. The number of rotatable bonds is 4. The summed E-state index contributed by atoms with van der Waals surface area (Å²) in [6, 6.07) is 7.00. The summed E-state index contributed by atoms with van der Waals surface area (Å²) in [6.45, 7) is 1.96. The number of aryl methyl sites for hydroxylation is 1. The Kier molecular flexibility index (Phi) is 4.61. The number of aromatic nitrogens is 2. The predicted molar refractivity (Wildman–Crippen MR) is 77.2 cm³/mol. The monoisotopic (exact) mass is 342 g/mol. The van der Waals surface area contributed by atoms with Crippen molar-refractivity contribution >= 4 is 27.5 Å². The SMILES string of the molecule is CCc1nc(Cl)cc(Oc2ccc(OC)cc2Br)n1. The minimum atomic E-state index is 0.367. The molecule has 0 fully saturated rings. The maximum atomic E-state index is 5.92. The highest BCUT2D eigenvalue weighted by atomic mass is 79.9. The van der Waals surface area contributed by atoms with E-state index in [-0.39, 0.29) is 0 Å². The molecule has 0 atom stereocenters. The van der Waals surface area contributed by atoms with Crippen LogP contribution in [0.4, 0.5) is 0 Å². The second-order valence-corrected chi connectivity index (χ2v) is 4.94. The Bertz CT molecular complexity index is 593. The summed E-state index contributed by atoms with van der Waals surface area (Å²) in [5.41, 5.74) is 0. The molecule has 0 aliphatic heterocycles. The first kappa shape index (κ1) is 14.1. The standard InChI is InChI=1S/C13H12BrClN2O2/c1-3-12-16-11(15)7-13(17-12)19-10-5-4-8(18-2)6-9(10)14/h4-7H,3H2,1-2H3. The van der Waals surface area contributed by atoms with Crippen molar-refractivity contribution < 1.29 is 9.47 Å². The lowest BCUT2D eigenvalue weighted by atomic mass is 10.3. The van der Waals surface area contributed by atoms with E-state index in [1.54, 1.807) is 19.2 Å². The molecular formula is C13H12BrClN2O2. The first-order valence-corrected chi connectivity index (χ1v) is 6.84. The Hall–Kier alpha value is -1.33. The Balaban J connectivity index is 2.28. The summed E-state index contributed by atoms with van der Waals surface area (Å²) in [4.78, 5) is 8.35. The minimum Gasteiger partial charge on any atom is -0.497 e. The van der Waals surface area contributed by atoms with E-state index in [4.69, 9.17) is 21.1 Å². The lowest BCUT2D eigenvalue weighted by Gasteiger charge is -2.09. The van der Waals surface area contributed by atoms with E-state index in [2.05, 4.69) is 25.9 Å². The second kappa shape index (κ2) is 6.21. The molecule has 0 bridgehead atoms. The first-order chi connectivity index (χ1) is 9.12. The van der Waals surface area contributed by atoms with Gasteiger partial charge in [-0.3, -0.25) is 0 Å². The smallest absolute Gasteiger partial charge is 0.224 e. The van der Waals surface area contributed by atoms with Gasteiger partial charge in [0.15, 0.2) is 0 Å². The molecule has 0 N–H and O–H groups in total. The van der Waals surface area contributed by atoms with E-state index in [0.717, 1.165) is 10.2 Å². The van der Waals surface area contributed by atoms with E-state index in [0.29, 0.717) is 29.0 Å². The summed E-state index contributed by atoms with van der Waals surface area (Å²) in [7, 11) is 1.61. The van der Waals surface area contributed by atoms with Gasteiger partial charge >= 0.3 is 0 Å². The molecule has 19 heavy (non-hydrogen) atoms. The summed E-state index contributed by atoms with van der Waals surface area (Å²) in [5, 5.41) is 0.367. The van der Waals surface area contributed by atoms with Crippen molar-refractivity contribution in [3.05, 3.63) is 39.7 Å². The molecule has 2 rings (SSSR count). The van der Waals surface area contributed by atoms with Crippen LogP contribution in [0.2, 0.25) is 5.15 Å². The van der Waals surface area contributed by atoms with Crippen molar-refractivity contribution in [3.63, 3.8) is 0 Å². The van der Waals surface area contributed by atoms with Gasteiger partial charge in [0.05, 0.1) is 11.6 Å². The van der Waals surface area contributed by atoms with E-state index in [9.17, 15) is 0 Å². The molecule has 0 unspecified atom stereocenters. The molecule has 0 radical (unpaired) electrons. The summed E-state index contributed by atoms with van der Waals surface area (Å²) in [5.74, 6) is 2.45. The summed E-state index contributed by atoms with van der Waals surface area (Å²) < 4.78 is 11.6. The van der Waals surface area contributed by atoms with Crippen LogP contribution >= 0.6 is 27.5 Å². The van der Waals surface area contributed by atoms with Crippen molar-refractivity contribution in [2.24, 2.45) is 0 Å². The maximum absolute atomic E-state index is 5.92. The number of methoxy groups -OCH3 is 1. The molecule has 0 amide bonds. The Morgan fingerprint density at radius 2 is 2.05 bits per heavy atom. The van der Waals surface area contributed by atoms with Crippen LogP contribution in [0.1, 0.15) is 12.7 Å². The van der Waals surface area contributed by atoms with Crippen LogP contribution < -0.4 is 9.47 Å². The third-order valence-electron chi connectivity index (χ3n) is 2.39. The number of hydrogen-bond acceptors (Lipinski definition) is 4. The molecule has 0 saturated heterocycles. The molecular weight excluding hydrogens is 332 g/mol. The molecule has 0 aliphatic rings. The summed E-state index contributed by atoms with van der Waals surface area (Å²) >= 11 is 9.34. The van der Waals surface area contributed by atoms with Crippen LogP contribution in [-0.2, 0) is 6.42 Å². The van der Waals surface area contributed by atoms with Crippen molar-refractivity contribution in [2.75, 3.05) is 7.11 Å². The van der Waals surface area contributed by atoms with Gasteiger partial charge < -0.3 is 9.47 Å². The van der Waals surface area contributed by atoms with Crippen LogP contribution in [0.25, 0.3) is 0 Å². The quantitative estimate of drug-likeness (QED) is 0.778. The normalized spacial score (nSPS) is 10.3. The minimum absolute atomic E-state index is 0.367. The predicted octanol–water partition coefficient (Wildman–Crippen LogP) is 4.26. The lowest BCUT2D eigenvalue weighted by Crippen LogP contribution is -1.97. The van der Waals surface area contributed by atoms with Gasteiger partial charge in [0.2, 0.25) is 5.88 Å². The number of benzene rings is 1. The third kappa shape index (κ3) is 3.58. The molecule has 0 saturated carbocycles. The maximum Gasteiger partial charge on any atom is 0.224 e. The number of ether oxygens (including phenoxy) is 2. The van der Waals surface area contributed by atoms with Gasteiger partial charge in [0, 0.05) is 12.5 Å². The molecule has 1 aromatic heterocycles. The van der Waals surface area contributed by atoms with Crippen molar-refractivity contribution in [3.8, 4) is 17.4 Å². The zero-order chi connectivity index (χ0) is 13.8. The molecule has 0 spiro atoms. The van der Waals surface area contributed by atoms with Crippen molar-refractivity contribution in [2.45, 2.75) is 13.3 Å². The molecule has 1 aromatic carbocycles. The number of hydrogen-bond donors (Lipinski definition) is 0. The fourth-order valence-corrected chi connectivity index (χ4v) is 2.09. The number of nitrogens with zero attached hydrogens (tertiary/aromatic N) is 2. The molecule has 100 valence electrons. The molecule has 2 aromatic rings. The van der Waals surface area contributed by atoms with E-state index < -0.39 is 0 Å². The van der Waals surface area contributed by atoms with Gasteiger partial charge in [0.1, 0.15) is 22.5 Å². The topological polar surface area (TPSA) is 44.2 Å². The first-order valence-electron chi connectivity index (χ1n) is 5.67. The third-order valence-corrected chi connectivity index (χ3v) is 3.20. The average molecular weight is 344 g/mol. The van der Waals surface area contributed by atoms with E-state index in [1.165, 1.54) is 0 Å². The van der Waals surface area contributed by atoms with Crippen LogP contribution in [0.3, 0.4) is 0 Å². The molecule has 1 heterocycles. The van der Waals surface area contributed by atoms with Crippen molar-refractivity contribution in [1.29, 1.82) is 0 Å². The van der Waals surface area contributed by atoms with Gasteiger partial charge in [-0.2, -0.15) is 4.98 Å². The van der Waals surface area contributed by atoms with Crippen molar-refractivity contribution in [1.82, 2.24) is 9.97 Å². The summed E-state index contributed by atoms with van der Waals surface area (Å²) in [6.07, 6.45) is 0.695. The fraction of sp³-hybridized carbons (Fsp3) is 0.231. The Morgan fingerprint density at radius 3 is 2.68 bits per heavy atom. The van der Waals surface area contributed by atoms with Crippen LogP contribution in [-0.4, -0.2) is 17.1 Å². The molecule has 0 aliphatic carbocycles. The Labute approximate surface area is 124 Å². The highest BCUT2D eigenvalue weighted by Crippen LogP contribution is 2.32. The zero-order valence-electron chi connectivity index (χ0n) is 10.5. The van der Waals surface area contributed by atoms with Crippen LogP contribution in [0, 0.1) is 0 Å². The fourth-order valence-electron chi connectivity index (χ4n) is 1.46. The van der Waals surface area contributed by atoms with Crippen LogP contribution in [0.5, 0.6) is 17.4 Å². The zero-order valence-corrected chi connectivity index (χ0v) is 12.8. The highest BCUT2D eigenvalue weighted by Gasteiger charge is 2.08. The Morgan fingerprint density at radius 1 is 1.26 bits per heavy atom. The van der Waals surface area contributed by atoms with Gasteiger partial charge in [-0.25, -0.2) is 4.98 Å². The molecule has 4 nitrogen and oxygen atoms in total. The van der Waals surface area contributed by atoms with Gasteiger partial charge in [0.25, 0.3) is 0 Å². The van der Waals surface area contributed by atoms with Gasteiger partial charge in [-0.05, 0) is 34.1 Å². The second-order valence-electron chi connectivity index (χ2n) is 3.70. The average Bonchev–Trinajstić information content (AvgIpc) is 2.40. The van der Waals surface area contributed by atoms with Crippen LogP contribution in [0.15, 0.2) is 28.7 Å². The van der Waals surface area contributed by atoms with Gasteiger partial charge in [-0.1, -0.05) is 18.5 Å².